The van der Waals surface area contributed by atoms with Gasteiger partial charge < -0.3 is 16.2 Å². The van der Waals surface area contributed by atoms with E-state index in [1.54, 1.807) is 6.92 Å². The van der Waals surface area contributed by atoms with Crippen LogP contribution in [0.15, 0.2) is 0 Å². The number of carboxylic acids is 1. The molecule has 0 saturated carbocycles. The molecule has 0 radical (unpaired) electrons. The highest BCUT2D eigenvalue weighted by molar-refractivity contribution is 5.84. The van der Waals surface area contributed by atoms with Crippen LogP contribution in [0.3, 0.4) is 0 Å². The number of hydrogen-bond donors (Lipinski definition) is 3. The maximum atomic E-state index is 11.5. The van der Waals surface area contributed by atoms with E-state index in [1.165, 1.54) is 0 Å². The van der Waals surface area contributed by atoms with E-state index in [1.807, 2.05) is 6.92 Å². The molecule has 5 nitrogen and oxygen atoms in total. The van der Waals surface area contributed by atoms with Gasteiger partial charge in [0.1, 0.15) is 6.04 Å². The van der Waals surface area contributed by atoms with E-state index < -0.39 is 12.0 Å². The molecule has 2 atom stereocenters. The van der Waals surface area contributed by atoms with E-state index in [2.05, 4.69) is 5.32 Å². The van der Waals surface area contributed by atoms with Crippen LogP contribution in [0.1, 0.15) is 33.1 Å². The van der Waals surface area contributed by atoms with Crippen molar-refractivity contribution in [1.29, 1.82) is 0 Å². The van der Waals surface area contributed by atoms with E-state index >= 15 is 0 Å². The number of nitrogens with two attached hydrogens (primary N) is 1. The molecule has 0 fully saturated rings. The van der Waals surface area contributed by atoms with E-state index in [4.69, 9.17) is 10.8 Å². The first-order valence-electron chi connectivity index (χ1n) is 5.26. The minimum atomic E-state index is -0.981. The number of aliphatic carboxylic acids is 1. The Balaban J connectivity index is 4.15. The first-order chi connectivity index (χ1) is 7.02. The molecule has 0 spiro atoms. The molecule has 4 N–H and O–H groups in total. The molecule has 0 aliphatic carbocycles. The molecule has 0 aliphatic heterocycles. The van der Waals surface area contributed by atoms with E-state index in [9.17, 15) is 9.59 Å². The van der Waals surface area contributed by atoms with Gasteiger partial charge in [0.05, 0.1) is 0 Å². The van der Waals surface area contributed by atoms with Crippen LogP contribution in [0.25, 0.3) is 0 Å². The van der Waals surface area contributed by atoms with Crippen LogP contribution in [0, 0.1) is 5.92 Å². The Morgan fingerprint density at radius 3 is 2.40 bits per heavy atom. The number of rotatable bonds is 7. The van der Waals surface area contributed by atoms with E-state index in [0.29, 0.717) is 19.4 Å². The van der Waals surface area contributed by atoms with Crippen molar-refractivity contribution in [2.24, 2.45) is 11.7 Å². The number of hydrogen-bond acceptors (Lipinski definition) is 3. The standard InChI is InChI=1S/C10H20N2O3/c1-3-4-8(10(14)15)12-9(13)7(2)5-6-11/h7-8H,3-6,11H2,1-2H3,(H,12,13)(H,14,15)/t7?,8-/m1/s1. The second kappa shape index (κ2) is 7.23. The summed E-state index contributed by atoms with van der Waals surface area (Å²) in [5, 5.41) is 11.3. The Bertz CT molecular complexity index is 219. The van der Waals surface area contributed by atoms with E-state index in [-0.39, 0.29) is 11.8 Å². The SMILES string of the molecule is CCC[C@@H](NC(=O)C(C)CCN)C(=O)O. The van der Waals surface area contributed by atoms with Crippen LogP contribution < -0.4 is 11.1 Å². The molecule has 0 aliphatic rings. The Morgan fingerprint density at radius 1 is 1.40 bits per heavy atom. The summed E-state index contributed by atoms with van der Waals surface area (Å²) >= 11 is 0. The Morgan fingerprint density at radius 2 is 2.00 bits per heavy atom. The van der Waals surface area contributed by atoms with Crippen LogP contribution in [-0.4, -0.2) is 29.6 Å². The fraction of sp³-hybridized carbons (Fsp3) is 0.800. The molecule has 88 valence electrons. The van der Waals surface area contributed by atoms with Crippen molar-refractivity contribution in [2.75, 3.05) is 6.54 Å². The summed E-state index contributed by atoms with van der Waals surface area (Å²) in [4.78, 5) is 22.3. The first-order valence-corrected chi connectivity index (χ1v) is 5.26. The van der Waals surface area contributed by atoms with Crippen LogP contribution in [0.2, 0.25) is 0 Å². The smallest absolute Gasteiger partial charge is 0.326 e. The Hall–Kier alpha value is -1.10. The average molecular weight is 216 g/mol. The molecular formula is C10H20N2O3. The highest BCUT2D eigenvalue weighted by atomic mass is 16.4. The van der Waals surface area contributed by atoms with Crippen molar-refractivity contribution in [1.82, 2.24) is 5.32 Å². The molecule has 0 saturated heterocycles. The maximum Gasteiger partial charge on any atom is 0.326 e. The van der Waals surface area contributed by atoms with Crippen molar-refractivity contribution in [2.45, 2.75) is 39.2 Å². The van der Waals surface area contributed by atoms with Crippen LogP contribution in [0.5, 0.6) is 0 Å². The van der Waals surface area contributed by atoms with Gasteiger partial charge in [0, 0.05) is 5.92 Å². The van der Waals surface area contributed by atoms with Gasteiger partial charge in [-0.3, -0.25) is 4.79 Å². The highest BCUT2D eigenvalue weighted by Gasteiger charge is 2.21. The minimum absolute atomic E-state index is 0.228. The van der Waals surface area contributed by atoms with Crippen LogP contribution in [0.4, 0.5) is 0 Å². The lowest BCUT2D eigenvalue weighted by molar-refractivity contribution is -0.142. The predicted octanol–water partition coefficient (Wildman–Crippen LogP) is 0.341. The third kappa shape index (κ3) is 5.37. The fourth-order valence-corrected chi connectivity index (χ4v) is 1.24. The van der Waals surface area contributed by atoms with Gasteiger partial charge in [-0.25, -0.2) is 4.79 Å². The Labute approximate surface area is 90.0 Å². The summed E-state index contributed by atoms with van der Waals surface area (Å²) in [6.07, 6.45) is 1.75. The third-order valence-corrected chi connectivity index (χ3v) is 2.24. The van der Waals surface area contributed by atoms with Gasteiger partial charge in [-0.15, -0.1) is 0 Å². The number of carboxylic acid groups (broad SMARTS) is 1. The summed E-state index contributed by atoms with van der Waals surface area (Å²) < 4.78 is 0. The number of nitrogens with one attached hydrogen (secondary N) is 1. The molecular weight excluding hydrogens is 196 g/mol. The average Bonchev–Trinajstić information content (AvgIpc) is 2.17. The van der Waals surface area contributed by atoms with Gasteiger partial charge in [0.25, 0.3) is 0 Å². The molecule has 5 heteroatoms. The zero-order valence-corrected chi connectivity index (χ0v) is 9.32. The monoisotopic (exact) mass is 216 g/mol. The first kappa shape index (κ1) is 13.9. The molecule has 0 aromatic rings. The van der Waals surface area contributed by atoms with Gasteiger partial charge in [0.2, 0.25) is 5.91 Å². The molecule has 0 heterocycles. The van der Waals surface area contributed by atoms with Crippen molar-refractivity contribution in [3.63, 3.8) is 0 Å². The number of amides is 1. The second-order valence-electron chi connectivity index (χ2n) is 3.67. The summed E-state index contributed by atoms with van der Waals surface area (Å²) in [6.45, 7) is 4.05. The largest absolute Gasteiger partial charge is 0.480 e. The van der Waals surface area contributed by atoms with Gasteiger partial charge in [-0.2, -0.15) is 0 Å². The summed E-state index contributed by atoms with van der Waals surface area (Å²) in [7, 11) is 0. The van der Waals surface area contributed by atoms with Gasteiger partial charge in [-0.05, 0) is 19.4 Å². The van der Waals surface area contributed by atoms with Crippen molar-refractivity contribution >= 4 is 11.9 Å². The summed E-state index contributed by atoms with van der Waals surface area (Å²) in [5.74, 6) is -1.44. The number of carbonyl (C=O) groups is 2. The lowest BCUT2D eigenvalue weighted by Gasteiger charge is -2.16. The lowest BCUT2D eigenvalue weighted by Crippen LogP contribution is -2.43. The fourth-order valence-electron chi connectivity index (χ4n) is 1.24. The van der Waals surface area contributed by atoms with Crippen LogP contribution in [-0.2, 0) is 9.59 Å². The second-order valence-corrected chi connectivity index (χ2v) is 3.67. The lowest BCUT2D eigenvalue weighted by atomic mass is 10.1. The summed E-state index contributed by atoms with van der Waals surface area (Å²) in [6, 6.07) is -0.775. The normalized spacial score (nSPS) is 14.3. The highest BCUT2D eigenvalue weighted by Crippen LogP contribution is 2.03. The maximum absolute atomic E-state index is 11.5. The van der Waals surface area contributed by atoms with Gasteiger partial charge >= 0.3 is 5.97 Å². The van der Waals surface area contributed by atoms with Crippen molar-refractivity contribution < 1.29 is 14.7 Å². The summed E-state index contributed by atoms with van der Waals surface area (Å²) in [5.41, 5.74) is 5.32. The third-order valence-electron chi connectivity index (χ3n) is 2.24. The quantitative estimate of drug-likeness (QED) is 0.572. The van der Waals surface area contributed by atoms with Crippen molar-refractivity contribution in [3.8, 4) is 0 Å². The zero-order chi connectivity index (χ0) is 11.8. The molecule has 1 unspecified atom stereocenters. The number of carbonyl (C=O) groups excluding carboxylic acids is 1. The molecule has 0 bridgehead atoms. The molecule has 0 aromatic heterocycles. The minimum Gasteiger partial charge on any atom is -0.480 e. The van der Waals surface area contributed by atoms with Crippen LogP contribution >= 0.6 is 0 Å². The molecule has 15 heavy (non-hydrogen) atoms. The van der Waals surface area contributed by atoms with Gasteiger partial charge in [0.15, 0.2) is 0 Å². The van der Waals surface area contributed by atoms with Crippen molar-refractivity contribution in [3.05, 3.63) is 0 Å². The zero-order valence-electron chi connectivity index (χ0n) is 9.32. The molecule has 1 amide bonds. The van der Waals surface area contributed by atoms with E-state index in [0.717, 1.165) is 6.42 Å². The Kier molecular flexibility index (Phi) is 6.70. The predicted molar refractivity (Wildman–Crippen MR) is 57.3 cm³/mol. The molecule has 0 rings (SSSR count). The molecule has 0 aromatic carbocycles. The van der Waals surface area contributed by atoms with Gasteiger partial charge in [-0.1, -0.05) is 20.3 Å². The topological polar surface area (TPSA) is 92.4 Å².